The number of carbonyl (C=O) groups is 1. The highest BCUT2D eigenvalue weighted by Crippen LogP contribution is 2.09. The van der Waals surface area contributed by atoms with Crippen LogP contribution < -0.4 is 0 Å². The van der Waals surface area contributed by atoms with Crippen LogP contribution in [0.3, 0.4) is 0 Å². The van der Waals surface area contributed by atoms with Gasteiger partial charge in [0, 0.05) is 17.5 Å². The van der Waals surface area contributed by atoms with Gasteiger partial charge in [-0.05, 0) is 32.0 Å². The molecule has 2 aromatic heterocycles. The highest BCUT2D eigenvalue weighted by atomic mass is 16.1. The Morgan fingerprint density at radius 1 is 1.33 bits per heavy atom. The number of aryl methyl sites for hydroxylation is 2. The molecule has 2 heterocycles. The van der Waals surface area contributed by atoms with E-state index in [1.54, 1.807) is 23.0 Å². The molecule has 0 aliphatic rings. The summed E-state index contributed by atoms with van der Waals surface area (Å²) in [6.07, 6.45) is 2.32. The Kier molecular flexibility index (Phi) is 2.33. The summed E-state index contributed by atoms with van der Waals surface area (Å²) in [5.74, 6) is 0.728. The van der Waals surface area contributed by atoms with Crippen molar-refractivity contribution in [3.63, 3.8) is 0 Å². The molecule has 2 aromatic rings. The lowest BCUT2D eigenvalue weighted by Crippen LogP contribution is -2.01. The number of hydrogen-bond donors (Lipinski definition) is 0. The maximum Gasteiger partial charge on any atom is 0.153 e. The van der Waals surface area contributed by atoms with E-state index in [2.05, 4.69) is 10.1 Å². The van der Waals surface area contributed by atoms with Gasteiger partial charge in [-0.3, -0.25) is 4.79 Å². The van der Waals surface area contributed by atoms with Gasteiger partial charge in [0.2, 0.25) is 0 Å². The standard InChI is InChI=1S/C11H11N3O/c1-8-5-9(2)14(13-8)11-4-3-10(7-15)6-12-11/h3-7H,1-2H3. The van der Waals surface area contributed by atoms with Crippen LogP contribution in [0, 0.1) is 13.8 Å². The molecular weight excluding hydrogens is 190 g/mol. The lowest BCUT2D eigenvalue weighted by atomic mass is 10.3. The lowest BCUT2D eigenvalue weighted by Gasteiger charge is -2.02. The van der Waals surface area contributed by atoms with Crippen LogP contribution in [0.1, 0.15) is 21.7 Å². The minimum atomic E-state index is 0.570. The van der Waals surface area contributed by atoms with E-state index in [0.717, 1.165) is 23.5 Å². The van der Waals surface area contributed by atoms with Gasteiger partial charge in [-0.1, -0.05) is 0 Å². The molecule has 0 amide bonds. The van der Waals surface area contributed by atoms with E-state index in [-0.39, 0.29) is 0 Å². The number of aldehydes is 1. The number of aromatic nitrogens is 3. The topological polar surface area (TPSA) is 47.8 Å². The highest BCUT2D eigenvalue weighted by Gasteiger charge is 2.04. The number of rotatable bonds is 2. The second-order valence-corrected chi connectivity index (χ2v) is 3.41. The second kappa shape index (κ2) is 3.65. The van der Waals surface area contributed by atoms with Crippen molar-refractivity contribution in [2.24, 2.45) is 0 Å². The summed E-state index contributed by atoms with van der Waals surface area (Å²) in [6, 6.07) is 5.49. The van der Waals surface area contributed by atoms with Crippen LogP contribution in [-0.2, 0) is 0 Å². The molecule has 0 aromatic carbocycles. The van der Waals surface area contributed by atoms with E-state index in [4.69, 9.17) is 0 Å². The zero-order chi connectivity index (χ0) is 10.8. The Bertz CT molecular complexity index is 485. The second-order valence-electron chi connectivity index (χ2n) is 3.41. The first kappa shape index (κ1) is 9.58. The Labute approximate surface area is 87.6 Å². The zero-order valence-electron chi connectivity index (χ0n) is 8.64. The van der Waals surface area contributed by atoms with Crippen molar-refractivity contribution in [3.8, 4) is 5.82 Å². The van der Waals surface area contributed by atoms with E-state index < -0.39 is 0 Å². The molecule has 0 saturated heterocycles. The van der Waals surface area contributed by atoms with Crippen molar-refractivity contribution in [2.75, 3.05) is 0 Å². The summed E-state index contributed by atoms with van der Waals surface area (Å²) in [5, 5.41) is 4.30. The van der Waals surface area contributed by atoms with Crippen LogP contribution in [0.2, 0.25) is 0 Å². The van der Waals surface area contributed by atoms with Gasteiger partial charge in [-0.2, -0.15) is 5.10 Å². The quantitative estimate of drug-likeness (QED) is 0.695. The normalized spacial score (nSPS) is 10.3. The van der Waals surface area contributed by atoms with Gasteiger partial charge >= 0.3 is 0 Å². The van der Waals surface area contributed by atoms with Gasteiger partial charge in [0.25, 0.3) is 0 Å². The fourth-order valence-electron chi connectivity index (χ4n) is 1.45. The van der Waals surface area contributed by atoms with Gasteiger partial charge in [-0.15, -0.1) is 0 Å². The van der Waals surface area contributed by atoms with Gasteiger partial charge in [-0.25, -0.2) is 9.67 Å². The van der Waals surface area contributed by atoms with E-state index in [0.29, 0.717) is 5.56 Å². The van der Waals surface area contributed by atoms with E-state index in [9.17, 15) is 4.79 Å². The summed E-state index contributed by atoms with van der Waals surface area (Å²) in [6.45, 7) is 3.90. The van der Waals surface area contributed by atoms with Crippen LogP contribution in [-0.4, -0.2) is 21.1 Å². The van der Waals surface area contributed by atoms with Crippen LogP contribution in [0.15, 0.2) is 24.4 Å². The molecule has 0 aliphatic carbocycles. The Hall–Kier alpha value is -1.97. The number of carbonyl (C=O) groups excluding carboxylic acids is 1. The first-order chi connectivity index (χ1) is 7.20. The first-order valence-electron chi connectivity index (χ1n) is 4.65. The van der Waals surface area contributed by atoms with Gasteiger partial charge in [0.05, 0.1) is 5.69 Å². The third-order valence-corrected chi connectivity index (χ3v) is 2.13. The average Bonchev–Trinajstić information content (AvgIpc) is 2.58. The predicted molar refractivity (Wildman–Crippen MR) is 56.2 cm³/mol. The maximum absolute atomic E-state index is 10.5. The summed E-state index contributed by atoms with van der Waals surface area (Å²) in [4.78, 5) is 14.6. The van der Waals surface area contributed by atoms with E-state index in [1.807, 2.05) is 19.9 Å². The van der Waals surface area contributed by atoms with Crippen molar-refractivity contribution in [3.05, 3.63) is 41.3 Å². The van der Waals surface area contributed by atoms with Crippen LogP contribution in [0.4, 0.5) is 0 Å². The molecule has 0 radical (unpaired) electrons. The zero-order valence-corrected chi connectivity index (χ0v) is 8.64. The molecule has 4 nitrogen and oxygen atoms in total. The fourth-order valence-corrected chi connectivity index (χ4v) is 1.45. The number of hydrogen-bond acceptors (Lipinski definition) is 3. The third-order valence-electron chi connectivity index (χ3n) is 2.13. The molecule has 15 heavy (non-hydrogen) atoms. The van der Waals surface area contributed by atoms with E-state index in [1.165, 1.54) is 0 Å². The average molecular weight is 201 g/mol. The van der Waals surface area contributed by atoms with Gasteiger partial charge in [0.15, 0.2) is 12.1 Å². The lowest BCUT2D eigenvalue weighted by molar-refractivity contribution is 0.112. The maximum atomic E-state index is 10.5. The minimum absolute atomic E-state index is 0.570. The minimum Gasteiger partial charge on any atom is -0.298 e. The Morgan fingerprint density at radius 3 is 2.60 bits per heavy atom. The summed E-state index contributed by atoms with van der Waals surface area (Å²) >= 11 is 0. The molecule has 2 rings (SSSR count). The molecule has 0 N–H and O–H groups in total. The molecule has 0 saturated carbocycles. The third kappa shape index (κ3) is 1.79. The first-order valence-corrected chi connectivity index (χ1v) is 4.65. The molecule has 0 spiro atoms. The Morgan fingerprint density at radius 2 is 2.13 bits per heavy atom. The highest BCUT2D eigenvalue weighted by molar-refractivity contribution is 5.74. The molecule has 0 atom stereocenters. The van der Waals surface area contributed by atoms with Crippen molar-refractivity contribution in [2.45, 2.75) is 13.8 Å². The van der Waals surface area contributed by atoms with Crippen molar-refractivity contribution in [1.82, 2.24) is 14.8 Å². The summed E-state index contributed by atoms with van der Waals surface area (Å²) in [7, 11) is 0. The predicted octanol–water partition coefficient (Wildman–Crippen LogP) is 1.70. The monoisotopic (exact) mass is 201 g/mol. The summed E-state index contributed by atoms with van der Waals surface area (Å²) < 4.78 is 1.75. The smallest absolute Gasteiger partial charge is 0.153 e. The van der Waals surface area contributed by atoms with Crippen LogP contribution >= 0.6 is 0 Å². The molecule has 4 heteroatoms. The number of pyridine rings is 1. The number of nitrogens with zero attached hydrogens (tertiary/aromatic N) is 3. The molecule has 0 bridgehead atoms. The summed E-state index contributed by atoms with van der Waals surface area (Å²) in [5.41, 5.74) is 2.55. The molecule has 0 unspecified atom stereocenters. The Balaban J connectivity index is 2.45. The van der Waals surface area contributed by atoms with Crippen molar-refractivity contribution < 1.29 is 4.79 Å². The largest absolute Gasteiger partial charge is 0.298 e. The SMILES string of the molecule is Cc1cc(C)n(-c2ccc(C=O)cn2)n1. The van der Waals surface area contributed by atoms with Crippen LogP contribution in [0.25, 0.3) is 5.82 Å². The molecular formula is C11H11N3O. The molecule has 0 aliphatic heterocycles. The van der Waals surface area contributed by atoms with E-state index >= 15 is 0 Å². The van der Waals surface area contributed by atoms with Crippen molar-refractivity contribution >= 4 is 6.29 Å². The van der Waals surface area contributed by atoms with Gasteiger partial charge in [0.1, 0.15) is 0 Å². The van der Waals surface area contributed by atoms with Crippen molar-refractivity contribution in [1.29, 1.82) is 0 Å². The van der Waals surface area contributed by atoms with Crippen LogP contribution in [0.5, 0.6) is 0 Å². The fraction of sp³-hybridized carbons (Fsp3) is 0.182. The molecule has 0 fully saturated rings. The molecule has 76 valence electrons. The van der Waals surface area contributed by atoms with Gasteiger partial charge < -0.3 is 0 Å².